The number of nitrogens with one attached hydrogen (secondary N) is 1. The van der Waals surface area contributed by atoms with E-state index in [-0.39, 0.29) is 29.8 Å². The van der Waals surface area contributed by atoms with E-state index in [9.17, 15) is 24.9 Å². The highest BCUT2D eigenvalue weighted by atomic mass is 16.6. The van der Waals surface area contributed by atoms with E-state index >= 15 is 0 Å². The van der Waals surface area contributed by atoms with Crippen LogP contribution in [0.1, 0.15) is 49.2 Å². The predicted octanol–water partition coefficient (Wildman–Crippen LogP) is 1.49. The first-order valence-corrected chi connectivity index (χ1v) is 7.79. The minimum Gasteiger partial charge on any atom is -0.508 e. The van der Waals surface area contributed by atoms with Crippen molar-refractivity contribution in [3.63, 3.8) is 0 Å². The zero-order valence-corrected chi connectivity index (χ0v) is 14.8. The average Bonchev–Trinajstić information content (AvgIpc) is 2.51. The fourth-order valence-electron chi connectivity index (χ4n) is 2.04. The summed E-state index contributed by atoms with van der Waals surface area (Å²) in [4.78, 5) is 22.9. The first kappa shape index (κ1) is 20.7. The molecule has 0 saturated carbocycles. The van der Waals surface area contributed by atoms with Crippen LogP contribution in [0.4, 0.5) is 4.79 Å². The second kappa shape index (κ2) is 8.68. The van der Waals surface area contributed by atoms with E-state index in [4.69, 9.17) is 4.74 Å². The van der Waals surface area contributed by atoms with Crippen molar-refractivity contribution in [3.05, 3.63) is 29.3 Å². The molecule has 0 heterocycles. The number of benzene rings is 1. The quantitative estimate of drug-likeness (QED) is 0.570. The Balaban J connectivity index is 2.60. The Labute approximate surface area is 146 Å². The molecule has 0 bridgehead atoms. The first-order chi connectivity index (χ1) is 11.5. The van der Waals surface area contributed by atoms with Crippen LogP contribution < -0.4 is 5.32 Å². The molecule has 0 fully saturated rings. The minimum atomic E-state index is -1.38. The second-order valence-electron chi connectivity index (χ2n) is 6.49. The van der Waals surface area contributed by atoms with Crippen LogP contribution >= 0.6 is 0 Å². The number of aromatic hydroxyl groups is 1. The van der Waals surface area contributed by atoms with Gasteiger partial charge >= 0.3 is 12.1 Å². The fraction of sp³-hybridized carbons (Fsp3) is 0.529. The Bertz CT molecular complexity index is 610. The third-order valence-corrected chi connectivity index (χ3v) is 3.24. The summed E-state index contributed by atoms with van der Waals surface area (Å²) in [5.41, 5.74) is -0.440. The van der Waals surface area contributed by atoms with Crippen molar-refractivity contribution in [1.29, 1.82) is 0 Å². The summed E-state index contributed by atoms with van der Waals surface area (Å²) in [7, 11) is 1.21. The molecule has 8 heteroatoms. The van der Waals surface area contributed by atoms with Crippen LogP contribution in [0.2, 0.25) is 0 Å². The van der Waals surface area contributed by atoms with E-state index in [1.165, 1.54) is 19.2 Å². The maximum atomic E-state index is 11.5. The molecule has 0 aliphatic heterocycles. The lowest BCUT2D eigenvalue weighted by Crippen LogP contribution is -2.34. The van der Waals surface area contributed by atoms with Gasteiger partial charge in [-0.15, -0.1) is 0 Å². The van der Waals surface area contributed by atoms with Gasteiger partial charge in [-0.2, -0.15) is 0 Å². The van der Waals surface area contributed by atoms with Gasteiger partial charge in [0.25, 0.3) is 0 Å². The molecular formula is C17H25NO7. The van der Waals surface area contributed by atoms with Crippen LogP contribution in [-0.4, -0.2) is 52.7 Å². The van der Waals surface area contributed by atoms with E-state index in [0.717, 1.165) is 6.07 Å². The molecule has 8 nitrogen and oxygen atoms in total. The van der Waals surface area contributed by atoms with Crippen LogP contribution in [-0.2, 0) is 9.47 Å². The molecule has 0 spiro atoms. The number of ether oxygens (including phenoxy) is 2. The SMILES string of the molecule is COC(=O)c1ccc(C(O)C(O)CCNC(=O)OC(C)(C)C)c(O)c1. The monoisotopic (exact) mass is 355 g/mol. The number of hydrogen-bond donors (Lipinski definition) is 4. The van der Waals surface area contributed by atoms with Crippen molar-refractivity contribution in [1.82, 2.24) is 5.32 Å². The normalized spacial score (nSPS) is 13.7. The molecule has 2 atom stereocenters. The van der Waals surface area contributed by atoms with Gasteiger partial charge in [-0.1, -0.05) is 6.07 Å². The molecule has 0 radical (unpaired) electrons. The number of alkyl carbamates (subject to hydrolysis) is 1. The van der Waals surface area contributed by atoms with Gasteiger partial charge in [0.05, 0.1) is 18.8 Å². The van der Waals surface area contributed by atoms with Crippen LogP contribution in [0.3, 0.4) is 0 Å². The number of rotatable bonds is 6. The molecule has 0 aliphatic rings. The fourth-order valence-corrected chi connectivity index (χ4v) is 2.04. The third-order valence-electron chi connectivity index (χ3n) is 3.24. The van der Waals surface area contributed by atoms with Crippen LogP contribution in [0.5, 0.6) is 5.75 Å². The van der Waals surface area contributed by atoms with Gasteiger partial charge in [-0.25, -0.2) is 9.59 Å². The van der Waals surface area contributed by atoms with E-state index in [0.29, 0.717) is 0 Å². The van der Waals surface area contributed by atoms with Crippen molar-refractivity contribution >= 4 is 12.1 Å². The van der Waals surface area contributed by atoms with Crippen molar-refractivity contribution < 1.29 is 34.4 Å². The Morgan fingerprint density at radius 1 is 1.24 bits per heavy atom. The van der Waals surface area contributed by atoms with Crippen molar-refractivity contribution in [2.45, 2.75) is 45.0 Å². The van der Waals surface area contributed by atoms with E-state index in [1.54, 1.807) is 20.8 Å². The highest BCUT2D eigenvalue weighted by Crippen LogP contribution is 2.28. The smallest absolute Gasteiger partial charge is 0.407 e. The van der Waals surface area contributed by atoms with Crippen LogP contribution in [0.15, 0.2) is 18.2 Å². The van der Waals surface area contributed by atoms with Gasteiger partial charge in [0.15, 0.2) is 0 Å². The molecular weight excluding hydrogens is 330 g/mol. The molecule has 1 amide bonds. The standard InChI is InChI=1S/C17H25NO7/c1-17(2,3)25-16(23)18-8-7-12(19)14(21)11-6-5-10(9-13(11)20)15(22)24-4/h5-6,9,12,14,19-21H,7-8H2,1-4H3,(H,18,23). The summed E-state index contributed by atoms with van der Waals surface area (Å²) in [5.74, 6) is -0.965. The van der Waals surface area contributed by atoms with Gasteiger partial charge < -0.3 is 30.1 Å². The lowest BCUT2D eigenvalue weighted by Gasteiger charge is -2.21. The van der Waals surface area contributed by atoms with E-state index in [1.807, 2.05) is 0 Å². The number of hydrogen-bond acceptors (Lipinski definition) is 7. The summed E-state index contributed by atoms with van der Waals surface area (Å²) < 4.78 is 9.59. The van der Waals surface area contributed by atoms with E-state index in [2.05, 4.69) is 10.1 Å². The number of amides is 1. The summed E-state index contributed by atoms with van der Waals surface area (Å²) in [6.45, 7) is 5.26. The molecule has 1 rings (SSSR count). The molecule has 2 unspecified atom stereocenters. The van der Waals surface area contributed by atoms with Crippen molar-refractivity contribution in [3.8, 4) is 5.75 Å². The number of carbonyl (C=O) groups excluding carboxylic acids is 2. The summed E-state index contributed by atoms with van der Waals surface area (Å²) in [6, 6.07) is 3.85. The maximum Gasteiger partial charge on any atom is 0.407 e. The largest absolute Gasteiger partial charge is 0.508 e. The molecule has 0 aliphatic carbocycles. The van der Waals surface area contributed by atoms with Gasteiger partial charge in [-0.3, -0.25) is 0 Å². The Morgan fingerprint density at radius 3 is 2.40 bits per heavy atom. The topological polar surface area (TPSA) is 125 Å². The van der Waals surface area contributed by atoms with Crippen LogP contribution in [0.25, 0.3) is 0 Å². The van der Waals surface area contributed by atoms with Gasteiger partial charge in [0, 0.05) is 12.1 Å². The van der Waals surface area contributed by atoms with Gasteiger partial charge in [-0.05, 0) is 39.3 Å². The van der Waals surface area contributed by atoms with Crippen LogP contribution in [0, 0.1) is 0 Å². The Hall–Kier alpha value is -2.32. The first-order valence-electron chi connectivity index (χ1n) is 7.79. The number of phenols is 1. The highest BCUT2D eigenvalue weighted by Gasteiger charge is 2.23. The zero-order valence-electron chi connectivity index (χ0n) is 14.8. The Kier molecular flexibility index (Phi) is 7.20. The third kappa shape index (κ3) is 6.60. The molecule has 0 saturated heterocycles. The van der Waals surface area contributed by atoms with Gasteiger partial charge in [0.2, 0.25) is 0 Å². The average molecular weight is 355 g/mol. The summed E-state index contributed by atoms with van der Waals surface area (Å²) in [6.07, 6.45) is -3.20. The molecule has 140 valence electrons. The molecule has 0 aromatic heterocycles. The number of aliphatic hydroxyl groups is 2. The molecule has 1 aromatic rings. The molecule has 25 heavy (non-hydrogen) atoms. The number of phenolic OH excluding ortho intramolecular Hbond substituents is 1. The zero-order chi connectivity index (χ0) is 19.2. The molecule has 4 N–H and O–H groups in total. The molecule has 1 aromatic carbocycles. The number of esters is 1. The number of carbonyl (C=O) groups is 2. The van der Waals surface area contributed by atoms with Gasteiger partial charge in [0.1, 0.15) is 17.5 Å². The predicted molar refractivity (Wildman–Crippen MR) is 89.3 cm³/mol. The Morgan fingerprint density at radius 2 is 1.88 bits per heavy atom. The van der Waals surface area contributed by atoms with Crippen molar-refractivity contribution in [2.75, 3.05) is 13.7 Å². The maximum absolute atomic E-state index is 11.5. The minimum absolute atomic E-state index is 0.0403. The lowest BCUT2D eigenvalue weighted by atomic mass is 9.99. The van der Waals surface area contributed by atoms with Crippen molar-refractivity contribution in [2.24, 2.45) is 0 Å². The lowest BCUT2D eigenvalue weighted by molar-refractivity contribution is 0.0110. The summed E-state index contributed by atoms with van der Waals surface area (Å²) >= 11 is 0. The highest BCUT2D eigenvalue weighted by molar-refractivity contribution is 5.89. The number of methoxy groups -OCH3 is 1. The number of aliphatic hydroxyl groups excluding tert-OH is 2. The second-order valence-corrected chi connectivity index (χ2v) is 6.49. The summed E-state index contributed by atoms with van der Waals surface area (Å²) in [5, 5.41) is 32.6. The van der Waals surface area contributed by atoms with E-state index < -0.39 is 29.9 Å².